The van der Waals surface area contributed by atoms with E-state index in [4.69, 9.17) is 10.8 Å². The first-order valence-electron chi connectivity index (χ1n) is 5.90. The van der Waals surface area contributed by atoms with Gasteiger partial charge in [-0.05, 0) is 38.4 Å². The quantitative estimate of drug-likeness (QED) is 0.735. The van der Waals surface area contributed by atoms with E-state index >= 15 is 0 Å². The average Bonchev–Trinajstić information content (AvgIpc) is 2.31. The Labute approximate surface area is 97.9 Å². The molecule has 0 spiro atoms. The lowest BCUT2D eigenvalue weighted by molar-refractivity contribution is 0.289. The van der Waals surface area contributed by atoms with Crippen LogP contribution in [0.3, 0.4) is 0 Å². The zero-order valence-corrected chi connectivity index (χ0v) is 10.0. The number of benzene rings is 1. The summed E-state index contributed by atoms with van der Waals surface area (Å²) in [5.41, 5.74) is 8.02. The Bertz CT molecular complexity index is 276. The molecule has 0 aliphatic carbocycles. The van der Waals surface area contributed by atoms with Crippen LogP contribution in [0.1, 0.15) is 18.4 Å². The molecular formula is C13H22N2O. The predicted molar refractivity (Wildman–Crippen MR) is 68.8 cm³/mol. The van der Waals surface area contributed by atoms with Gasteiger partial charge in [-0.25, -0.2) is 0 Å². The van der Waals surface area contributed by atoms with Gasteiger partial charge in [0.15, 0.2) is 0 Å². The fourth-order valence-electron chi connectivity index (χ4n) is 1.67. The Morgan fingerprint density at radius 2 is 1.75 bits per heavy atom. The van der Waals surface area contributed by atoms with Crippen LogP contribution in [-0.4, -0.2) is 31.3 Å². The molecule has 0 aromatic heterocycles. The number of anilines is 1. The van der Waals surface area contributed by atoms with Crippen LogP contribution in [0.4, 0.5) is 5.69 Å². The third kappa shape index (κ3) is 4.21. The molecule has 16 heavy (non-hydrogen) atoms. The Balaban J connectivity index is 2.62. The van der Waals surface area contributed by atoms with Crippen LogP contribution >= 0.6 is 0 Å². The monoisotopic (exact) mass is 222 g/mol. The van der Waals surface area contributed by atoms with E-state index in [1.54, 1.807) is 0 Å². The molecule has 1 aromatic rings. The highest BCUT2D eigenvalue weighted by atomic mass is 16.3. The zero-order chi connectivity index (χ0) is 11.8. The molecule has 0 aliphatic rings. The summed E-state index contributed by atoms with van der Waals surface area (Å²) in [4.78, 5) is 2.28. The summed E-state index contributed by atoms with van der Waals surface area (Å²) in [5.74, 6) is 0. The largest absolute Gasteiger partial charge is 0.396 e. The molecule has 3 heteroatoms. The summed E-state index contributed by atoms with van der Waals surface area (Å²) in [7, 11) is 0. The summed E-state index contributed by atoms with van der Waals surface area (Å²) < 4.78 is 0. The van der Waals surface area contributed by atoms with E-state index in [9.17, 15) is 0 Å². The number of hydrogen-bond acceptors (Lipinski definition) is 3. The van der Waals surface area contributed by atoms with Crippen LogP contribution in [0, 0.1) is 6.92 Å². The van der Waals surface area contributed by atoms with Gasteiger partial charge in [0.1, 0.15) is 0 Å². The summed E-state index contributed by atoms with van der Waals surface area (Å²) in [6, 6.07) is 8.49. The SMILES string of the molecule is Cc1ccc(N(CCCN)CCCO)cc1. The van der Waals surface area contributed by atoms with Crippen molar-refractivity contribution in [1.29, 1.82) is 0 Å². The van der Waals surface area contributed by atoms with Crippen LogP contribution in [0.25, 0.3) is 0 Å². The maximum Gasteiger partial charge on any atom is 0.0447 e. The first-order chi connectivity index (χ1) is 7.77. The van der Waals surface area contributed by atoms with Gasteiger partial charge in [0.2, 0.25) is 0 Å². The molecule has 3 N–H and O–H groups in total. The average molecular weight is 222 g/mol. The molecule has 0 fully saturated rings. The third-order valence-electron chi connectivity index (χ3n) is 2.62. The number of aliphatic hydroxyl groups excluding tert-OH is 1. The topological polar surface area (TPSA) is 49.5 Å². The minimum Gasteiger partial charge on any atom is -0.396 e. The predicted octanol–water partition coefficient (Wildman–Crippen LogP) is 1.53. The number of nitrogens with two attached hydrogens (primary N) is 1. The van der Waals surface area contributed by atoms with Gasteiger partial charge in [-0.1, -0.05) is 17.7 Å². The summed E-state index contributed by atoms with van der Waals surface area (Å²) >= 11 is 0. The second kappa shape index (κ2) is 7.25. The van der Waals surface area contributed by atoms with Gasteiger partial charge >= 0.3 is 0 Å². The van der Waals surface area contributed by atoms with E-state index in [1.165, 1.54) is 11.3 Å². The summed E-state index contributed by atoms with van der Waals surface area (Å²) in [6.07, 6.45) is 1.79. The van der Waals surface area contributed by atoms with Gasteiger partial charge in [0.25, 0.3) is 0 Å². The highest BCUT2D eigenvalue weighted by molar-refractivity contribution is 5.47. The van der Waals surface area contributed by atoms with Crippen LogP contribution in [0.15, 0.2) is 24.3 Å². The van der Waals surface area contributed by atoms with Gasteiger partial charge in [0.05, 0.1) is 0 Å². The highest BCUT2D eigenvalue weighted by Gasteiger charge is 2.04. The number of nitrogens with zero attached hydrogens (tertiary/aromatic N) is 1. The standard InChI is InChI=1S/C13H22N2O/c1-12-4-6-13(7-5-12)15(9-2-8-14)10-3-11-16/h4-7,16H,2-3,8-11,14H2,1H3. The molecule has 0 unspecified atom stereocenters. The Kier molecular flexibility index (Phi) is 5.90. The fourth-order valence-corrected chi connectivity index (χ4v) is 1.67. The highest BCUT2D eigenvalue weighted by Crippen LogP contribution is 2.15. The number of aliphatic hydroxyl groups is 1. The second-order valence-electron chi connectivity index (χ2n) is 4.04. The molecule has 90 valence electrons. The van der Waals surface area contributed by atoms with Crippen molar-refractivity contribution in [2.45, 2.75) is 19.8 Å². The minimum absolute atomic E-state index is 0.241. The van der Waals surface area contributed by atoms with Crippen molar-refractivity contribution >= 4 is 5.69 Å². The van der Waals surface area contributed by atoms with Crippen LogP contribution in [-0.2, 0) is 0 Å². The molecule has 0 atom stereocenters. The smallest absolute Gasteiger partial charge is 0.0447 e. The maximum atomic E-state index is 8.88. The van der Waals surface area contributed by atoms with E-state index in [0.29, 0.717) is 6.54 Å². The van der Waals surface area contributed by atoms with E-state index < -0.39 is 0 Å². The lowest BCUT2D eigenvalue weighted by Gasteiger charge is -2.24. The van der Waals surface area contributed by atoms with E-state index in [-0.39, 0.29) is 6.61 Å². The van der Waals surface area contributed by atoms with Crippen molar-refractivity contribution in [2.24, 2.45) is 5.73 Å². The van der Waals surface area contributed by atoms with E-state index in [1.807, 2.05) is 0 Å². The Hall–Kier alpha value is -1.06. The lowest BCUT2D eigenvalue weighted by atomic mass is 10.2. The molecule has 0 aliphatic heterocycles. The summed E-state index contributed by atoms with van der Waals surface area (Å²) in [6.45, 7) is 4.88. The Morgan fingerprint density at radius 3 is 2.31 bits per heavy atom. The molecule has 0 saturated carbocycles. The lowest BCUT2D eigenvalue weighted by Crippen LogP contribution is -2.27. The second-order valence-corrected chi connectivity index (χ2v) is 4.04. The number of aryl methyl sites for hydroxylation is 1. The fraction of sp³-hybridized carbons (Fsp3) is 0.538. The van der Waals surface area contributed by atoms with Crippen LogP contribution in [0.5, 0.6) is 0 Å². The Morgan fingerprint density at radius 1 is 1.12 bits per heavy atom. The van der Waals surface area contributed by atoms with Gasteiger partial charge in [0, 0.05) is 25.4 Å². The summed E-state index contributed by atoms with van der Waals surface area (Å²) in [5, 5.41) is 8.88. The van der Waals surface area contributed by atoms with Gasteiger partial charge in [-0.2, -0.15) is 0 Å². The van der Waals surface area contributed by atoms with E-state index in [2.05, 4.69) is 36.1 Å². The van der Waals surface area contributed by atoms with Gasteiger partial charge in [-0.3, -0.25) is 0 Å². The van der Waals surface area contributed by atoms with E-state index in [0.717, 1.165) is 25.9 Å². The minimum atomic E-state index is 0.241. The van der Waals surface area contributed by atoms with Crippen molar-refractivity contribution < 1.29 is 5.11 Å². The number of rotatable bonds is 7. The first-order valence-corrected chi connectivity index (χ1v) is 5.90. The normalized spacial score (nSPS) is 10.4. The first kappa shape index (κ1) is 13.0. The molecular weight excluding hydrogens is 200 g/mol. The molecule has 0 saturated heterocycles. The molecule has 1 rings (SSSR count). The van der Waals surface area contributed by atoms with Crippen molar-refractivity contribution in [3.8, 4) is 0 Å². The van der Waals surface area contributed by atoms with Gasteiger partial charge in [-0.15, -0.1) is 0 Å². The zero-order valence-electron chi connectivity index (χ0n) is 10.0. The maximum absolute atomic E-state index is 8.88. The van der Waals surface area contributed by atoms with Gasteiger partial charge < -0.3 is 15.7 Å². The molecule has 0 amide bonds. The number of hydrogen-bond donors (Lipinski definition) is 2. The third-order valence-corrected chi connectivity index (χ3v) is 2.62. The molecule has 0 heterocycles. The van der Waals surface area contributed by atoms with Crippen molar-refractivity contribution in [1.82, 2.24) is 0 Å². The molecule has 0 radical (unpaired) electrons. The molecule has 1 aromatic carbocycles. The van der Waals surface area contributed by atoms with Crippen molar-refractivity contribution in [3.63, 3.8) is 0 Å². The van der Waals surface area contributed by atoms with Crippen LogP contribution < -0.4 is 10.6 Å². The van der Waals surface area contributed by atoms with Crippen molar-refractivity contribution in [3.05, 3.63) is 29.8 Å². The molecule has 0 bridgehead atoms. The van der Waals surface area contributed by atoms with Crippen LogP contribution in [0.2, 0.25) is 0 Å². The van der Waals surface area contributed by atoms with Crippen molar-refractivity contribution in [2.75, 3.05) is 31.1 Å². The molecule has 3 nitrogen and oxygen atoms in total.